The molecule has 0 N–H and O–H groups in total. The van der Waals surface area contributed by atoms with Crippen LogP contribution in [0.4, 0.5) is 0 Å². The van der Waals surface area contributed by atoms with Crippen molar-refractivity contribution >= 4 is 22.9 Å². The first-order valence-electron chi connectivity index (χ1n) is 5.25. The van der Waals surface area contributed by atoms with E-state index >= 15 is 0 Å². The second-order valence-electron chi connectivity index (χ2n) is 4.31. The van der Waals surface area contributed by atoms with E-state index < -0.39 is 0 Å². The third kappa shape index (κ3) is 1.68. The molecule has 2 aromatic carbocycles. The summed E-state index contributed by atoms with van der Waals surface area (Å²) in [6.07, 6.45) is 0. The summed E-state index contributed by atoms with van der Waals surface area (Å²) in [5.41, 5.74) is 2.65. The molecule has 0 nitrogen and oxygen atoms in total. The molecule has 0 unspecified atom stereocenters. The molecule has 0 spiro atoms. The second kappa shape index (κ2) is 3.54. The summed E-state index contributed by atoms with van der Waals surface area (Å²) in [6.45, 7) is 10.5. The molecule has 0 aliphatic carbocycles. The Balaban J connectivity index is 3.04. The molecule has 0 aliphatic rings. The Morgan fingerprint density at radius 1 is 1.13 bits per heavy atom. The Kier molecular flexibility index (Phi) is 2.36. The Morgan fingerprint density at radius 2 is 1.87 bits per heavy atom. The third-order valence-corrected chi connectivity index (χ3v) is 2.86. The van der Waals surface area contributed by atoms with Crippen molar-refractivity contribution < 1.29 is 0 Å². The van der Waals surface area contributed by atoms with Gasteiger partial charge in [0.25, 0.3) is 0 Å². The fourth-order valence-corrected chi connectivity index (χ4v) is 1.99. The minimum Gasteiger partial charge on any atom is -0.0911 e. The average molecular weight is 196 g/mol. The van der Waals surface area contributed by atoms with Crippen molar-refractivity contribution in [2.45, 2.75) is 20.8 Å². The maximum Gasteiger partial charge on any atom is -0.0148 e. The Labute approximate surface area is 90.6 Å². The van der Waals surface area contributed by atoms with E-state index in [-0.39, 0.29) is 0 Å². The molecule has 0 amide bonds. The minimum absolute atomic E-state index is 1.12. The molecule has 15 heavy (non-hydrogen) atoms. The quantitative estimate of drug-likeness (QED) is 0.608. The fraction of sp³-hybridized carbons (Fsp3) is 0.200. The van der Waals surface area contributed by atoms with Crippen molar-refractivity contribution in [3.05, 3.63) is 46.3 Å². The van der Waals surface area contributed by atoms with E-state index in [1.54, 1.807) is 0 Å². The molecule has 76 valence electrons. The van der Waals surface area contributed by atoms with E-state index in [0.717, 1.165) is 5.22 Å². The van der Waals surface area contributed by atoms with Crippen molar-refractivity contribution in [3.63, 3.8) is 0 Å². The lowest BCUT2D eigenvalue weighted by Gasteiger charge is -2.03. The summed E-state index contributed by atoms with van der Waals surface area (Å²) >= 11 is 0. The number of hydrogen-bond acceptors (Lipinski definition) is 0. The van der Waals surface area contributed by atoms with Crippen LogP contribution in [0.3, 0.4) is 0 Å². The molecule has 0 atom stereocenters. The molecule has 0 radical (unpaired) electrons. The van der Waals surface area contributed by atoms with Gasteiger partial charge >= 0.3 is 0 Å². The summed E-state index contributed by atoms with van der Waals surface area (Å²) in [5.74, 6) is 0. The molecular formula is C15H16. The van der Waals surface area contributed by atoms with Gasteiger partial charge in [0.2, 0.25) is 0 Å². The first kappa shape index (κ1) is 9.97. The molecule has 0 aromatic heterocycles. The normalized spacial score (nSPS) is 10.6. The summed E-state index contributed by atoms with van der Waals surface area (Å²) in [6, 6.07) is 10.8. The zero-order valence-electron chi connectivity index (χ0n) is 9.59. The largest absolute Gasteiger partial charge is 0.0911 e. The zero-order valence-corrected chi connectivity index (χ0v) is 9.59. The molecule has 0 heterocycles. The van der Waals surface area contributed by atoms with Crippen molar-refractivity contribution in [2.75, 3.05) is 0 Å². The number of fused-ring (bicyclic) bond motifs is 1. The van der Waals surface area contributed by atoms with Crippen LogP contribution in [0, 0.1) is 6.92 Å². The van der Waals surface area contributed by atoms with Crippen molar-refractivity contribution in [1.82, 2.24) is 0 Å². The number of rotatable bonds is 0. The molecule has 0 bridgehead atoms. The molecule has 0 heteroatoms. The van der Waals surface area contributed by atoms with Crippen LogP contribution >= 0.6 is 0 Å². The Morgan fingerprint density at radius 3 is 2.53 bits per heavy atom. The van der Waals surface area contributed by atoms with Crippen LogP contribution in [0.15, 0.2) is 30.3 Å². The van der Waals surface area contributed by atoms with Crippen molar-refractivity contribution in [2.24, 2.45) is 0 Å². The van der Waals surface area contributed by atoms with Crippen LogP contribution in [-0.4, -0.2) is 0 Å². The van der Waals surface area contributed by atoms with Gasteiger partial charge in [0.1, 0.15) is 0 Å². The van der Waals surface area contributed by atoms with Crippen LogP contribution in [0.25, 0.3) is 22.9 Å². The van der Waals surface area contributed by atoms with Gasteiger partial charge in [-0.2, -0.15) is 0 Å². The SMILES string of the molecule is C=c1cc2cccc(C)c2cc1=C(C)C. The Bertz CT molecular complexity index is 614. The van der Waals surface area contributed by atoms with Gasteiger partial charge in [0.05, 0.1) is 0 Å². The minimum atomic E-state index is 1.12. The summed E-state index contributed by atoms with van der Waals surface area (Å²) in [7, 11) is 0. The molecule has 2 aromatic rings. The predicted octanol–water partition coefficient (Wildman–Crippen LogP) is 2.75. The third-order valence-electron chi connectivity index (χ3n) is 2.86. The lowest BCUT2D eigenvalue weighted by Crippen LogP contribution is -2.24. The number of hydrogen-bond donors (Lipinski definition) is 0. The highest BCUT2D eigenvalue weighted by molar-refractivity contribution is 5.86. The molecular weight excluding hydrogens is 180 g/mol. The maximum absolute atomic E-state index is 4.10. The van der Waals surface area contributed by atoms with Gasteiger partial charge in [-0.15, -0.1) is 0 Å². The highest BCUT2D eigenvalue weighted by Gasteiger charge is 1.97. The molecule has 0 saturated heterocycles. The van der Waals surface area contributed by atoms with Crippen LogP contribution in [0.5, 0.6) is 0 Å². The number of aryl methyl sites for hydroxylation is 1. The van der Waals surface area contributed by atoms with Crippen LogP contribution in [-0.2, 0) is 0 Å². The first-order valence-corrected chi connectivity index (χ1v) is 5.25. The van der Waals surface area contributed by atoms with Gasteiger partial charge in [0.15, 0.2) is 0 Å². The van der Waals surface area contributed by atoms with E-state index in [2.05, 4.69) is 57.7 Å². The standard InChI is InChI=1S/C15H16/c1-10(2)14-9-15-11(3)6-5-7-13(15)8-12(14)4/h5-9H,4H2,1-3H3. The van der Waals surface area contributed by atoms with E-state index in [1.807, 2.05) is 0 Å². The van der Waals surface area contributed by atoms with Crippen molar-refractivity contribution in [1.29, 1.82) is 0 Å². The van der Waals surface area contributed by atoms with E-state index in [0.29, 0.717) is 0 Å². The molecule has 0 fully saturated rings. The summed E-state index contributed by atoms with van der Waals surface area (Å²) < 4.78 is 0. The van der Waals surface area contributed by atoms with Crippen LogP contribution < -0.4 is 10.4 Å². The van der Waals surface area contributed by atoms with E-state index in [4.69, 9.17) is 0 Å². The van der Waals surface area contributed by atoms with Gasteiger partial charge in [-0.05, 0) is 59.7 Å². The number of benzene rings is 2. The zero-order chi connectivity index (χ0) is 11.0. The molecule has 0 aliphatic heterocycles. The average Bonchev–Trinajstić information content (AvgIpc) is 2.16. The topological polar surface area (TPSA) is 0 Å². The Hall–Kier alpha value is -1.56. The van der Waals surface area contributed by atoms with Gasteiger partial charge in [-0.25, -0.2) is 0 Å². The molecule has 0 saturated carbocycles. The van der Waals surface area contributed by atoms with E-state index in [1.165, 1.54) is 27.1 Å². The van der Waals surface area contributed by atoms with Crippen LogP contribution in [0.2, 0.25) is 0 Å². The summed E-state index contributed by atoms with van der Waals surface area (Å²) in [4.78, 5) is 0. The van der Waals surface area contributed by atoms with Crippen LogP contribution in [0.1, 0.15) is 19.4 Å². The maximum atomic E-state index is 4.10. The van der Waals surface area contributed by atoms with Gasteiger partial charge in [0, 0.05) is 0 Å². The van der Waals surface area contributed by atoms with E-state index in [9.17, 15) is 0 Å². The smallest absolute Gasteiger partial charge is 0.0148 e. The predicted molar refractivity (Wildman–Crippen MR) is 68.2 cm³/mol. The van der Waals surface area contributed by atoms with Gasteiger partial charge < -0.3 is 0 Å². The van der Waals surface area contributed by atoms with Gasteiger partial charge in [-0.3, -0.25) is 0 Å². The lowest BCUT2D eigenvalue weighted by molar-refractivity contribution is 1.45. The lowest BCUT2D eigenvalue weighted by atomic mass is 10.0. The molecule has 2 rings (SSSR count). The summed E-state index contributed by atoms with van der Waals surface area (Å²) in [5, 5.41) is 5.01. The van der Waals surface area contributed by atoms with Crippen molar-refractivity contribution in [3.8, 4) is 0 Å². The monoisotopic (exact) mass is 196 g/mol. The first-order chi connectivity index (χ1) is 7.09. The highest BCUT2D eigenvalue weighted by Crippen LogP contribution is 2.14. The highest BCUT2D eigenvalue weighted by atomic mass is 14.0. The second-order valence-corrected chi connectivity index (χ2v) is 4.31. The van der Waals surface area contributed by atoms with Gasteiger partial charge in [-0.1, -0.05) is 30.4 Å². The fourth-order valence-electron chi connectivity index (χ4n) is 1.99.